The molecule has 1 aliphatic rings. The standard InChI is InChI=1S/C21H29N5O4/c1-30-20-9-14(7-18(26-20)25-16-3-2-4-16)21(29)24-12-17(27)6-5-13-11-23-19(28)8-15(13)10-22/h7-9,11,16-17,27H,2-6,10,12,22H2,1H3,(H,23,28)(H,24,29)(H,25,26)/t17-/m0/s1. The Balaban J connectivity index is 1.54. The molecule has 2 heterocycles. The zero-order valence-corrected chi connectivity index (χ0v) is 17.1. The monoisotopic (exact) mass is 415 g/mol. The number of ether oxygens (including phenoxy) is 1. The van der Waals surface area contributed by atoms with Crippen LogP contribution in [0, 0.1) is 0 Å². The van der Waals surface area contributed by atoms with Crippen molar-refractivity contribution >= 4 is 11.7 Å². The number of hydrogen-bond acceptors (Lipinski definition) is 7. The van der Waals surface area contributed by atoms with Gasteiger partial charge >= 0.3 is 0 Å². The maximum Gasteiger partial charge on any atom is 0.251 e. The summed E-state index contributed by atoms with van der Waals surface area (Å²) in [5.41, 5.74) is 7.53. The number of nitrogens with zero attached hydrogens (tertiary/aromatic N) is 1. The molecule has 3 rings (SSSR count). The first kappa shape index (κ1) is 21.8. The second-order valence-corrected chi connectivity index (χ2v) is 7.51. The van der Waals surface area contributed by atoms with E-state index in [1.807, 2.05) is 0 Å². The number of amides is 1. The molecule has 162 valence electrons. The van der Waals surface area contributed by atoms with Gasteiger partial charge in [0, 0.05) is 43.0 Å². The molecule has 2 aromatic heterocycles. The van der Waals surface area contributed by atoms with Gasteiger partial charge in [-0.2, -0.15) is 4.98 Å². The van der Waals surface area contributed by atoms with E-state index in [1.165, 1.54) is 19.6 Å². The van der Waals surface area contributed by atoms with Crippen LogP contribution in [-0.2, 0) is 13.0 Å². The van der Waals surface area contributed by atoms with E-state index in [0.29, 0.717) is 36.1 Å². The number of anilines is 1. The number of nitrogens with two attached hydrogens (primary N) is 1. The number of carbonyl (C=O) groups excluding carboxylic acids is 1. The predicted molar refractivity (Wildman–Crippen MR) is 114 cm³/mol. The number of aromatic nitrogens is 2. The molecule has 30 heavy (non-hydrogen) atoms. The van der Waals surface area contributed by atoms with Gasteiger partial charge in [0.05, 0.1) is 13.2 Å². The first-order valence-corrected chi connectivity index (χ1v) is 10.2. The predicted octanol–water partition coefficient (Wildman–Crippen LogP) is 0.925. The van der Waals surface area contributed by atoms with Crippen molar-refractivity contribution in [2.45, 2.75) is 50.8 Å². The Morgan fingerprint density at radius 3 is 2.83 bits per heavy atom. The van der Waals surface area contributed by atoms with E-state index in [4.69, 9.17) is 10.5 Å². The lowest BCUT2D eigenvalue weighted by Crippen LogP contribution is -2.33. The minimum Gasteiger partial charge on any atom is -0.481 e. The second kappa shape index (κ2) is 10.2. The van der Waals surface area contributed by atoms with Crippen molar-refractivity contribution < 1.29 is 14.6 Å². The summed E-state index contributed by atoms with van der Waals surface area (Å²) in [6, 6.07) is 5.11. The van der Waals surface area contributed by atoms with Gasteiger partial charge in [-0.25, -0.2) is 0 Å². The number of aromatic amines is 1. The summed E-state index contributed by atoms with van der Waals surface area (Å²) < 4.78 is 5.21. The van der Waals surface area contributed by atoms with Crippen molar-refractivity contribution in [3.05, 3.63) is 51.4 Å². The first-order valence-electron chi connectivity index (χ1n) is 10.2. The van der Waals surface area contributed by atoms with Crippen molar-refractivity contribution in [3.8, 4) is 5.88 Å². The summed E-state index contributed by atoms with van der Waals surface area (Å²) in [6.07, 6.45) is 5.23. The molecular formula is C21H29N5O4. The summed E-state index contributed by atoms with van der Waals surface area (Å²) in [5, 5.41) is 16.3. The van der Waals surface area contributed by atoms with E-state index in [9.17, 15) is 14.7 Å². The van der Waals surface area contributed by atoms with Crippen LogP contribution in [0.25, 0.3) is 0 Å². The minimum atomic E-state index is -0.734. The first-order chi connectivity index (χ1) is 14.5. The van der Waals surface area contributed by atoms with Crippen LogP contribution >= 0.6 is 0 Å². The van der Waals surface area contributed by atoms with Crippen LogP contribution < -0.4 is 26.7 Å². The number of aliphatic hydroxyl groups excluding tert-OH is 1. The van der Waals surface area contributed by atoms with Gasteiger partial charge in [-0.05, 0) is 49.3 Å². The largest absolute Gasteiger partial charge is 0.481 e. The molecule has 0 aromatic carbocycles. The molecule has 9 nitrogen and oxygen atoms in total. The zero-order valence-electron chi connectivity index (χ0n) is 17.1. The number of aryl methyl sites for hydroxylation is 1. The van der Waals surface area contributed by atoms with Gasteiger partial charge in [0.15, 0.2) is 0 Å². The van der Waals surface area contributed by atoms with Gasteiger partial charge < -0.3 is 31.2 Å². The lowest BCUT2D eigenvalue weighted by molar-refractivity contribution is 0.0910. The van der Waals surface area contributed by atoms with E-state index < -0.39 is 6.10 Å². The van der Waals surface area contributed by atoms with E-state index in [-0.39, 0.29) is 24.6 Å². The Morgan fingerprint density at radius 2 is 2.17 bits per heavy atom. The van der Waals surface area contributed by atoms with Crippen LogP contribution in [0.2, 0.25) is 0 Å². The minimum absolute atomic E-state index is 0.107. The Hall–Kier alpha value is -2.91. The number of rotatable bonds is 10. The fraction of sp³-hybridized carbons (Fsp3) is 0.476. The Kier molecular flexibility index (Phi) is 7.42. The molecule has 1 fully saturated rings. The zero-order chi connectivity index (χ0) is 21.5. The summed E-state index contributed by atoms with van der Waals surface area (Å²) >= 11 is 0. The Bertz CT molecular complexity index is 926. The molecule has 0 bridgehead atoms. The molecule has 0 spiro atoms. The molecular weight excluding hydrogens is 386 g/mol. The van der Waals surface area contributed by atoms with Crippen LogP contribution in [0.1, 0.15) is 47.2 Å². The molecule has 2 aromatic rings. The van der Waals surface area contributed by atoms with Crippen molar-refractivity contribution in [1.82, 2.24) is 15.3 Å². The highest BCUT2D eigenvalue weighted by atomic mass is 16.5. The van der Waals surface area contributed by atoms with Crippen molar-refractivity contribution in [3.63, 3.8) is 0 Å². The van der Waals surface area contributed by atoms with Crippen LogP contribution in [-0.4, -0.2) is 46.8 Å². The topological polar surface area (TPSA) is 142 Å². The fourth-order valence-electron chi connectivity index (χ4n) is 3.28. The molecule has 0 saturated heterocycles. The number of methoxy groups -OCH3 is 1. The van der Waals surface area contributed by atoms with Crippen LogP contribution in [0.15, 0.2) is 29.2 Å². The van der Waals surface area contributed by atoms with Gasteiger partial charge in [-0.15, -0.1) is 0 Å². The Morgan fingerprint density at radius 1 is 1.37 bits per heavy atom. The molecule has 6 N–H and O–H groups in total. The molecule has 1 amide bonds. The summed E-state index contributed by atoms with van der Waals surface area (Å²) in [6.45, 7) is 0.364. The number of H-pyrrole nitrogens is 1. The SMILES string of the molecule is COc1cc(C(=O)NC[C@@H](O)CCc2c[nH]c(=O)cc2CN)cc(NC2CCC2)n1. The molecule has 1 saturated carbocycles. The van der Waals surface area contributed by atoms with E-state index >= 15 is 0 Å². The third kappa shape index (κ3) is 5.80. The van der Waals surface area contributed by atoms with Crippen LogP contribution in [0.4, 0.5) is 5.82 Å². The second-order valence-electron chi connectivity index (χ2n) is 7.51. The highest BCUT2D eigenvalue weighted by molar-refractivity contribution is 5.95. The molecule has 9 heteroatoms. The molecule has 1 atom stereocenters. The van der Waals surface area contributed by atoms with Gasteiger partial charge in [0.1, 0.15) is 5.82 Å². The lowest BCUT2D eigenvalue weighted by Gasteiger charge is -2.27. The summed E-state index contributed by atoms with van der Waals surface area (Å²) in [4.78, 5) is 30.9. The molecule has 0 unspecified atom stereocenters. The van der Waals surface area contributed by atoms with Crippen LogP contribution in [0.3, 0.4) is 0 Å². The van der Waals surface area contributed by atoms with Crippen LogP contribution in [0.5, 0.6) is 5.88 Å². The summed E-state index contributed by atoms with van der Waals surface area (Å²) in [5.74, 6) is 0.660. The maximum atomic E-state index is 12.6. The van der Waals surface area contributed by atoms with Crippen molar-refractivity contribution in [1.29, 1.82) is 0 Å². The van der Waals surface area contributed by atoms with E-state index in [1.54, 1.807) is 18.3 Å². The van der Waals surface area contributed by atoms with E-state index in [2.05, 4.69) is 20.6 Å². The Labute approximate surface area is 175 Å². The molecule has 1 aliphatic carbocycles. The lowest BCUT2D eigenvalue weighted by atomic mass is 9.93. The number of pyridine rings is 2. The maximum absolute atomic E-state index is 12.6. The normalized spacial score (nSPS) is 14.6. The third-order valence-corrected chi connectivity index (χ3v) is 5.30. The van der Waals surface area contributed by atoms with E-state index in [0.717, 1.165) is 24.0 Å². The fourth-order valence-corrected chi connectivity index (χ4v) is 3.28. The molecule has 0 aliphatic heterocycles. The van der Waals surface area contributed by atoms with Gasteiger partial charge in [0.2, 0.25) is 11.4 Å². The summed E-state index contributed by atoms with van der Waals surface area (Å²) in [7, 11) is 1.51. The number of hydrogen-bond donors (Lipinski definition) is 5. The highest BCUT2D eigenvalue weighted by Crippen LogP contribution is 2.24. The average Bonchev–Trinajstić information content (AvgIpc) is 2.73. The van der Waals surface area contributed by atoms with Gasteiger partial charge in [0.25, 0.3) is 5.91 Å². The smallest absolute Gasteiger partial charge is 0.251 e. The average molecular weight is 415 g/mol. The number of nitrogens with one attached hydrogen (secondary N) is 3. The van der Waals surface area contributed by atoms with Gasteiger partial charge in [-0.1, -0.05) is 0 Å². The van der Waals surface area contributed by atoms with Crippen molar-refractivity contribution in [2.24, 2.45) is 5.73 Å². The number of aliphatic hydroxyl groups is 1. The number of carbonyl (C=O) groups is 1. The van der Waals surface area contributed by atoms with Crippen molar-refractivity contribution in [2.75, 3.05) is 19.0 Å². The third-order valence-electron chi connectivity index (χ3n) is 5.30. The van der Waals surface area contributed by atoms with Gasteiger partial charge in [-0.3, -0.25) is 9.59 Å². The molecule has 0 radical (unpaired) electrons. The quantitative estimate of drug-likeness (QED) is 0.388. The highest BCUT2D eigenvalue weighted by Gasteiger charge is 2.19.